The van der Waals surface area contributed by atoms with E-state index in [2.05, 4.69) is 5.10 Å². The highest BCUT2D eigenvalue weighted by molar-refractivity contribution is 5.63. The largest absolute Gasteiger partial charge is 0.493 e. The van der Waals surface area contributed by atoms with Gasteiger partial charge in [-0.05, 0) is 29.8 Å². The first-order valence-electron chi connectivity index (χ1n) is 8.49. The second kappa shape index (κ2) is 7.36. The van der Waals surface area contributed by atoms with E-state index in [-0.39, 0.29) is 12.5 Å². The molecule has 0 saturated carbocycles. The summed E-state index contributed by atoms with van der Waals surface area (Å²) < 4.78 is 18.2. The fourth-order valence-corrected chi connectivity index (χ4v) is 2.79. The van der Waals surface area contributed by atoms with Crippen molar-refractivity contribution in [3.05, 3.63) is 65.0 Å². The van der Waals surface area contributed by atoms with Gasteiger partial charge in [-0.3, -0.25) is 14.8 Å². The highest BCUT2D eigenvalue weighted by atomic mass is 16.7. The summed E-state index contributed by atoms with van der Waals surface area (Å²) in [7, 11) is 0. The minimum Gasteiger partial charge on any atom is -0.493 e. The van der Waals surface area contributed by atoms with Crippen molar-refractivity contribution in [2.45, 2.75) is 13.0 Å². The summed E-state index contributed by atoms with van der Waals surface area (Å²) >= 11 is 0. The third-order valence-electron chi connectivity index (χ3n) is 4.19. The summed E-state index contributed by atoms with van der Waals surface area (Å²) in [5.74, 6) is 2.18. The van der Waals surface area contributed by atoms with Crippen molar-refractivity contribution < 1.29 is 19.1 Å². The number of nitrogens with zero attached hydrogens (tertiary/aromatic N) is 3. The molecule has 0 unspecified atom stereocenters. The molecule has 3 aromatic rings. The summed E-state index contributed by atoms with van der Waals surface area (Å²) in [5, 5.41) is 15.1. The van der Waals surface area contributed by atoms with Gasteiger partial charge in [-0.15, -0.1) is 0 Å². The van der Waals surface area contributed by atoms with E-state index in [1.807, 2.05) is 29.1 Å². The van der Waals surface area contributed by atoms with E-state index >= 15 is 0 Å². The molecule has 1 aromatic heterocycles. The number of hydrogen-bond acceptors (Lipinski definition) is 6. The zero-order chi connectivity index (χ0) is 18.6. The predicted molar refractivity (Wildman–Crippen MR) is 97.0 cm³/mol. The van der Waals surface area contributed by atoms with E-state index in [4.69, 9.17) is 14.2 Å². The van der Waals surface area contributed by atoms with Crippen molar-refractivity contribution in [3.8, 4) is 28.4 Å². The molecule has 0 atom stereocenters. The van der Waals surface area contributed by atoms with Crippen LogP contribution in [0.25, 0.3) is 11.1 Å². The highest BCUT2D eigenvalue weighted by Gasteiger charge is 2.13. The van der Waals surface area contributed by atoms with Gasteiger partial charge < -0.3 is 14.2 Å². The monoisotopic (exact) mass is 367 g/mol. The van der Waals surface area contributed by atoms with Gasteiger partial charge in [-0.1, -0.05) is 0 Å². The van der Waals surface area contributed by atoms with Crippen LogP contribution in [-0.2, 0) is 6.54 Å². The smallest absolute Gasteiger partial charge is 0.269 e. The number of non-ortho nitro benzene ring substituents is 1. The molecule has 0 amide bonds. The zero-order valence-corrected chi connectivity index (χ0v) is 14.4. The first-order chi connectivity index (χ1) is 13.2. The number of benzene rings is 2. The van der Waals surface area contributed by atoms with E-state index in [1.165, 1.54) is 12.1 Å². The maximum atomic E-state index is 10.7. The molecule has 0 spiro atoms. The molecule has 0 saturated heterocycles. The zero-order valence-electron chi connectivity index (χ0n) is 14.4. The SMILES string of the molecule is O=[N+]([O-])c1ccc(-c2cnn(CCCOc3ccc4c(c3)OCO4)c2)cc1. The molecule has 0 N–H and O–H groups in total. The van der Waals surface area contributed by atoms with Gasteiger partial charge in [-0.25, -0.2) is 0 Å². The standard InChI is InChI=1S/C19H17N3O5/c23-22(24)16-4-2-14(3-5-16)15-11-20-21(12-15)8-1-9-25-17-6-7-18-19(10-17)27-13-26-18/h2-7,10-12H,1,8-9,13H2. The molecule has 8 nitrogen and oxygen atoms in total. The summed E-state index contributed by atoms with van der Waals surface area (Å²) in [4.78, 5) is 10.3. The molecular weight excluding hydrogens is 350 g/mol. The van der Waals surface area contributed by atoms with Crippen LogP contribution in [0.2, 0.25) is 0 Å². The lowest BCUT2D eigenvalue weighted by atomic mass is 10.1. The molecule has 2 heterocycles. The lowest BCUT2D eigenvalue weighted by molar-refractivity contribution is -0.384. The molecule has 1 aliphatic rings. The van der Waals surface area contributed by atoms with Gasteiger partial charge >= 0.3 is 0 Å². The van der Waals surface area contributed by atoms with Crippen LogP contribution in [0.4, 0.5) is 5.69 Å². The van der Waals surface area contributed by atoms with Gasteiger partial charge in [0.15, 0.2) is 11.5 Å². The van der Waals surface area contributed by atoms with Crippen LogP contribution >= 0.6 is 0 Å². The molecule has 27 heavy (non-hydrogen) atoms. The first kappa shape index (κ1) is 16.9. The Morgan fingerprint density at radius 3 is 2.74 bits per heavy atom. The van der Waals surface area contributed by atoms with Crippen LogP contribution in [-0.4, -0.2) is 28.1 Å². The molecule has 1 aliphatic heterocycles. The molecular formula is C19H17N3O5. The highest BCUT2D eigenvalue weighted by Crippen LogP contribution is 2.35. The van der Waals surface area contributed by atoms with Crippen LogP contribution in [0.5, 0.6) is 17.2 Å². The van der Waals surface area contributed by atoms with Crippen LogP contribution < -0.4 is 14.2 Å². The molecule has 2 aromatic carbocycles. The number of nitro groups is 1. The second-order valence-electron chi connectivity index (χ2n) is 6.01. The van der Waals surface area contributed by atoms with Crippen molar-refractivity contribution in [2.75, 3.05) is 13.4 Å². The Hall–Kier alpha value is -3.55. The lowest BCUT2D eigenvalue weighted by Crippen LogP contribution is -2.04. The quantitative estimate of drug-likeness (QED) is 0.360. The minimum absolute atomic E-state index is 0.0757. The average molecular weight is 367 g/mol. The third-order valence-corrected chi connectivity index (χ3v) is 4.19. The van der Waals surface area contributed by atoms with Crippen LogP contribution in [0.15, 0.2) is 54.9 Å². The number of fused-ring (bicyclic) bond motifs is 1. The van der Waals surface area contributed by atoms with Gasteiger partial charge in [0.25, 0.3) is 5.69 Å². The number of hydrogen-bond donors (Lipinski definition) is 0. The van der Waals surface area contributed by atoms with Crippen LogP contribution in [0.1, 0.15) is 6.42 Å². The predicted octanol–water partition coefficient (Wildman–Crippen LogP) is 3.66. The van der Waals surface area contributed by atoms with E-state index in [1.54, 1.807) is 18.3 Å². The Morgan fingerprint density at radius 1 is 1.11 bits per heavy atom. The molecule has 0 fully saturated rings. The summed E-state index contributed by atoms with van der Waals surface area (Å²) in [6.07, 6.45) is 4.46. The van der Waals surface area contributed by atoms with Crippen molar-refractivity contribution in [3.63, 3.8) is 0 Å². The minimum atomic E-state index is -0.409. The fourth-order valence-electron chi connectivity index (χ4n) is 2.79. The van der Waals surface area contributed by atoms with Gasteiger partial charge in [-0.2, -0.15) is 5.10 Å². The number of aromatic nitrogens is 2. The molecule has 138 valence electrons. The Morgan fingerprint density at radius 2 is 1.93 bits per heavy atom. The van der Waals surface area contributed by atoms with Crippen molar-refractivity contribution in [2.24, 2.45) is 0 Å². The third kappa shape index (κ3) is 3.84. The Balaban J connectivity index is 1.29. The van der Waals surface area contributed by atoms with Gasteiger partial charge in [0.1, 0.15) is 5.75 Å². The topological polar surface area (TPSA) is 88.7 Å². The van der Waals surface area contributed by atoms with Crippen molar-refractivity contribution in [1.82, 2.24) is 9.78 Å². The summed E-state index contributed by atoms with van der Waals surface area (Å²) in [5.41, 5.74) is 1.89. The maximum Gasteiger partial charge on any atom is 0.269 e. The van der Waals surface area contributed by atoms with Crippen LogP contribution in [0, 0.1) is 10.1 Å². The number of rotatable bonds is 7. The normalized spacial score (nSPS) is 12.1. The van der Waals surface area contributed by atoms with Gasteiger partial charge in [0.2, 0.25) is 6.79 Å². The number of ether oxygens (including phenoxy) is 3. The Bertz CT molecular complexity index is 952. The van der Waals surface area contributed by atoms with E-state index in [0.29, 0.717) is 18.9 Å². The molecule has 0 radical (unpaired) electrons. The van der Waals surface area contributed by atoms with Crippen molar-refractivity contribution >= 4 is 5.69 Å². The number of aryl methyl sites for hydroxylation is 1. The maximum absolute atomic E-state index is 10.7. The van der Waals surface area contributed by atoms with E-state index in [9.17, 15) is 10.1 Å². The van der Waals surface area contributed by atoms with E-state index < -0.39 is 4.92 Å². The molecule has 4 rings (SSSR count). The molecule has 0 aliphatic carbocycles. The van der Waals surface area contributed by atoms with Crippen LogP contribution in [0.3, 0.4) is 0 Å². The van der Waals surface area contributed by atoms with Gasteiger partial charge in [0, 0.05) is 42.9 Å². The van der Waals surface area contributed by atoms with Gasteiger partial charge in [0.05, 0.1) is 17.7 Å². The fraction of sp³-hybridized carbons (Fsp3) is 0.211. The van der Waals surface area contributed by atoms with Crippen molar-refractivity contribution in [1.29, 1.82) is 0 Å². The summed E-state index contributed by atoms with van der Waals surface area (Å²) in [6, 6.07) is 11.9. The lowest BCUT2D eigenvalue weighted by Gasteiger charge is -2.07. The second-order valence-corrected chi connectivity index (χ2v) is 6.01. The first-order valence-corrected chi connectivity index (χ1v) is 8.49. The summed E-state index contributed by atoms with van der Waals surface area (Å²) in [6.45, 7) is 1.50. The average Bonchev–Trinajstić information content (AvgIpc) is 3.34. The number of nitro benzene ring substituents is 1. The molecule has 0 bridgehead atoms. The van der Waals surface area contributed by atoms with E-state index in [0.717, 1.165) is 29.0 Å². The Labute approximate surface area is 155 Å². The molecule has 8 heteroatoms. The Kier molecular flexibility index (Phi) is 4.61.